The number of rotatable bonds is 5. The fourth-order valence-electron chi connectivity index (χ4n) is 3.58. The number of ether oxygens (including phenoxy) is 1. The van der Waals surface area contributed by atoms with Crippen LogP contribution in [0.1, 0.15) is 43.8 Å². The van der Waals surface area contributed by atoms with Crippen LogP contribution in [0.4, 0.5) is 4.39 Å². The van der Waals surface area contributed by atoms with Crippen molar-refractivity contribution in [1.29, 1.82) is 0 Å². The number of hydrogen-bond donors (Lipinski definition) is 1. The maximum atomic E-state index is 14.6. The highest BCUT2D eigenvalue weighted by Crippen LogP contribution is 2.41. The molecule has 1 aliphatic heterocycles. The summed E-state index contributed by atoms with van der Waals surface area (Å²) in [6.45, 7) is 5.43. The Hall–Kier alpha value is -3.13. The van der Waals surface area contributed by atoms with Crippen LogP contribution in [-0.4, -0.2) is 33.9 Å². The van der Waals surface area contributed by atoms with Gasteiger partial charge in [0, 0.05) is 23.1 Å². The fourth-order valence-corrected chi connectivity index (χ4v) is 4.16. The normalized spacial score (nSPS) is 14.9. The quantitative estimate of drug-likeness (QED) is 0.627. The highest BCUT2D eigenvalue weighted by molar-refractivity contribution is 7.08. The number of nitrogens with zero attached hydrogens (tertiary/aromatic N) is 2. The monoisotopic (exact) mass is 425 g/mol. The van der Waals surface area contributed by atoms with Gasteiger partial charge < -0.3 is 10.1 Å². The lowest BCUT2D eigenvalue weighted by Gasteiger charge is -2.14. The van der Waals surface area contributed by atoms with E-state index >= 15 is 0 Å². The first-order chi connectivity index (χ1) is 14.3. The third kappa shape index (κ3) is 3.82. The zero-order chi connectivity index (χ0) is 21.4. The minimum Gasteiger partial charge on any atom is -0.487 e. The Morgan fingerprint density at radius 2 is 2.03 bits per heavy atom. The molecule has 0 bridgehead atoms. The SMILES string of the molecule is CC(=O)c1ccc(F)c(-c2cc(C)cc3c2OC(CNC(=O)c2snnc2C)C3)c1. The largest absolute Gasteiger partial charge is 0.487 e. The second-order valence-corrected chi connectivity index (χ2v) is 8.15. The summed E-state index contributed by atoms with van der Waals surface area (Å²) in [5, 5.41) is 6.71. The summed E-state index contributed by atoms with van der Waals surface area (Å²) < 4.78 is 24.5. The van der Waals surface area contributed by atoms with Gasteiger partial charge in [-0.3, -0.25) is 9.59 Å². The van der Waals surface area contributed by atoms with Crippen LogP contribution < -0.4 is 10.1 Å². The maximum absolute atomic E-state index is 14.6. The van der Waals surface area contributed by atoms with Gasteiger partial charge in [-0.2, -0.15) is 0 Å². The Kier molecular flexibility index (Phi) is 5.34. The van der Waals surface area contributed by atoms with E-state index in [1.807, 2.05) is 19.1 Å². The second-order valence-electron chi connectivity index (χ2n) is 7.39. The molecule has 0 spiro atoms. The second kappa shape index (κ2) is 7.95. The van der Waals surface area contributed by atoms with Crippen molar-refractivity contribution >= 4 is 23.2 Å². The van der Waals surface area contributed by atoms with Crippen molar-refractivity contribution in [2.45, 2.75) is 33.3 Å². The van der Waals surface area contributed by atoms with Crippen molar-refractivity contribution in [2.75, 3.05) is 6.54 Å². The molecule has 1 aliphatic rings. The number of ketones is 1. The van der Waals surface area contributed by atoms with Crippen molar-refractivity contribution in [3.63, 3.8) is 0 Å². The molecule has 1 N–H and O–H groups in total. The minimum absolute atomic E-state index is 0.130. The van der Waals surface area contributed by atoms with Crippen LogP contribution in [0.5, 0.6) is 5.75 Å². The average molecular weight is 425 g/mol. The highest BCUT2D eigenvalue weighted by atomic mass is 32.1. The van der Waals surface area contributed by atoms with Crippen molar-refractivity contribution < 1.29 is 18.7 Å². The van der Waals surface area contributed by atoms with Crippen LogP contribution in [0.15, 0.2) is 30.3 Å². The van der Waals surface area contributed by atoms with Gasteiger partial charge in [-0.15, -0.1) is 5.10 Å². The lowest BCUT2D eigenvalue weighted by atomic mass is 9.95. The van der Waals surface area contributed by atoms with Gasteiger partial charge in [0.25, 0.3) is 5.91 Å². The molecule has 0 radical (unpaired) electrons. The molecule has 3 aromatic rings. The molecule has 8 heteroatoms. The molecular weight excluding hydrogens is 405 g/mol. The molecule has 1 unspecified atom stereocenters. The number of benzene rings is 2. The van der Waals surface area contributed by atoms with Gasteiger partial charge in [0.05, 0.1) is 12.2 Å². The third-order valence-corrected chi connectivity index (χ3v) is 5.88. The van der Waals surface area contributed by atoms with Gasteiger partial charge in [-0.1, -0.05) is 10.6 Å². The first-order valence-corrected chi connectivity index (χ1v) is 10.3. The van der Waals surface area contributed by atoms with Crippen LogP contribution in [0.3, 0.4) is 0 Å². The molecule has 0 fully saturated rings. The number of nitrogens with one attached hydrogen (secondary N) is 1. The Bertz CT molecular complexity index is 1160. The Balaban J connectivity index is 1.58. The number of carbonyl (C=O) groups excluding carboxylic acids is 2. The maximum Gasteiger partial charge on any atom is 0.265 e. The number of carbonyl (C=O) groups is 2. The zero-order valence-electron chi connectivity index (χ0n) is 16.8. The van der Waals surface area contributed by atoms with Crippen LogP contribution in [0, 0.1) is 19.7 Å². The summed E-state index contributed by atoms with van der Waals surface area (Å²) in [6.07, 6.45) is 0.322. The topological polar surface area (TPSA) is 81.2 Å². The van der Waals surface area contributed by atoms with E-state index in [1.54, 1.807) is 13.0 Å². The van der Waals surface area contributed by atoms with E-state index in [4.69, 9.17) is 4.74 Å². The van der Waals surface area contributed by atoms with Crippen molar-refractivity contribution in [3.05, 3.63) is 63.4 Å². The Morgan fingerprint density at radius 3 is 2.73 bits per heavy atom. The number of amides is 1. The first kappa shape index (κ1) is 20.2. The Morgan fingerprint density at radius 1 is 1.23 bits per heavy atom. The van der Waals surface area contributed by atoms with Crippen molar-refractivity contribution in [3.8, 4) is 16.9 Å². The number of aromatic nitrogens is 2. The van der Waals surface area contributed by atoms with Crippen molar-refractivity contribution in [2.24, 2.45) is 0 Å². The van der Waals surface area contributed by atoms with E-state index in [9.17, 15) is 14.0 Å². The van der Waals surface area contributed by atoms with Gasteiger partial charge in [0.2, 0.25) is 0 Å². The van der Waals surface area contributed by atoms with Crippen molar-refractivity contribution in [1.82, 2.24) is 14.9 Å². The molecule has 2 heterocycles. The molecule has 0 aliphatic carbocycles. The minimum atomic E-state index is -0.415. The summed E-state index contributed by atoms with van der Waals surface area (Å²) in [7, 11) is 0. The highest BCUT2D eigenvalue weighted by Gasteiger charge is 2.28. The van der Waals surface area contributed by atoms with E-state index < -0.39 is 5.82 Å². The van der Waals surface area contributed by atoms with Crippen LogP contribution in [-0.2, 0) is 6.42 Å². The number of halogens is 1. The van der Waals surface area contributed by atoms with Crippen LogP contribution >= 0.6 is 11.5 Å². The molecule has 154 valence electrons. The molecule has 1 amide bonds. The summed E-state index contributed by atoms with van der Waals surface area (Å²) in [6, 6.07) is 8.20. The molecule has 0 saturated heterocycles. The molecule has 1 aromatic heterocycles. The van der Waals surface area contributed by atoms with E-state index in [0.717, 1.165) is 22.7 Å². The third-order valence-electron chi connectivity index (χ3n) is 5.05. The average Bonchev–Trinajstić information content (AvgIpc) is 3.31. The van der Waals surface area contributed by atoms with Crippen LogP contribution in [0.2, 0.25) is 0 Å². The predicted molar refractivity (Wildman–Crippen MR) is 112 cm³/mol. The first-order valence-electron chi connectivity index (χ1n) is 9.51. The molecule has 1 atom stereocenters. The van der Waals surface area contributed by atoms with Crippen LogP contribution in [0.25, 0.3) is 11.1 Å². The molecule has 4 rings (SSSR count). The Labute approximate surface area is 177 Å². The number of Topliss-reactive ketones (excluding diaryl/α,β-unsaturated/α-hetero) is 1. The zero-order valence-corrected chi connectivity index (χ0v) is 17.6. The van der Waals surface area contributed by atoms with Gasteiger partial charge in [-0.25, -0.2) is 4.39 Å². The summed E-state index contributed by atoms with van der Waals surface area (Å²) in [5.41, 5.74) is 3.90. The van der Waals surface area contributed by atoms with Gasteiger partial charge in [0.1, 0.15) is 22.5 Å². The summed E-state index contributed by atoms with van der Waals surface area (Å²) >= 11 is 1.05. The predicted octanol–water partition coefficient (Wildman–Crippen LogP) is 3.90. The van der Waals surface area contributed by atoms with E-state index in [0.29, 0.717) is 46.0 Å². The molecule has 0 saturated carbocycles. The summed E-state index contributed by atoms with van der Waals surface area (Å²) in [5.74, 6) is -0.190. The smallest absolute Gasteiger partial charge is 0.265 e. The van der Waals surface area contributed by atoms with Gasteiger partial charge >= 0.3 is 0 Å². The number of fused-ring (bicyclic) bond motifs is 1. The molecule has 6 nitrogen and oxygen atoms in total. The van der Waals surface area contributed by atoms with Gasteiger partial charge in [0.15, 0.2) is 5.78 Å². The van der Waals surface area contributed by atoms with Gasteiger partial charge in [-0.05, 0) is 67.7 Å². The summed E-state index contributed by atoms with van der Waals surface area (Å²) in [4.78, 5) is 24.6. The number of aryl methyl sites for hydroxylation is 2. The molecular formula is C22H20FN3O3S. The molecule has 30 heavy (non-hydrogen) atoms. The number of hydrogen-bond acceptors (Lipinski definition) is 6. The lowest BCUT2D eigenvalue weighted by molar-refractivity contribution is 0.0936. The fraction of sp³-hybridized carbons (Fsp3) is 0.273. The van der Waals surface area contributed by atoms with E-state index in [2.05, 4.69) is 14.9 Å². The standard InChI is InChI=1S/C22H20FN3O3S/c1-11-6-15-8-16(10-24-22(28)21-12(2)25-26-30-21)29-20(15)18(7-11)17-9-14(13(3)27)4-5-19(17)23/h4-7,9,16H,8,10H2,1-3H3,(H,24,28). The molecule has 2 aromatic carbocycles. The van der Waals surface area contributed by atoms with E-state index in [1.165, 1.54) is 19.1 Å². The lowest BCUT2D eigenvalue weighted by Crippen LogP contribution is -2.34. The van der Waals surface area contributed by atoms with E-state index in [-0.39, 0.29) is 17.8 Å².